The van der Waals surface area contributed by atoms with Gasteiger partial charge in [-0.25, -0.2) is 0 Å². The number of allylic oxidation sites excluding steroid dienone is 1. The molecule has 0 atom stereocenters. The van der Waals surface area contributed by atoms with Crippen molar-refractivity contribution in [3.05, 3.63) is 12.7 Å². The summed E-state index contributed by atoms with van der Waals surface area (Å²) in [6, 6.07) is 1.27. The SMILES string of the molecule is C=CCCCCCCC[Si](C)(C)Cl. The van der Waals surface area contributed by atoms with E-state index >= 15 is 0 Å². The predicted octanol–water partition coefficient (Wildman–Crippen LogP) is 4.96. The number of hydrogen-bond acceptors (Lipinski definition) is 0. The van der Waals surface area contributed by atoms with E-state index in [-0.39, 0.29) is 0 Å². The fourth-order valence-electron chi connectivity index (χ4n) is 1.36. The van der Waals surface area contributed by atoms with Crippen molar-refractivity contribution in [3.63, 3.8) is 0 Å². The highest BCUT2D eigenvalue weighted by Gasteiger charge is 2.15. The van der Waals surface area contributed by atoms with E-state index < -0.39 is 7.38 Å². The zero-order valence-corrected chi connectivity index (χ0v) is 10.9. The van der Waals surface area contributed by atoms with Gasteiger partial charge in [-0.05, 0) is 18.9 Å². The van der Waals surface area contributed by atoms with E-state index in [1.54, 1.807) is 0 Å². The maximum atomic E-state index is 6.22. The van der Waals surface area contributed by atoms with Crippen LogP contribution in [0.2, 0.25) is 19.1 Å². The molecule has 0 radical (unpaired) electrons. The van der Waals surface area contributed by atoms with E-state index in [9.17, 15) is 0 Å². The lowest BCUT2D eigenvalue weighted by molar-refractivity contribution is 0.636. The topological polar surface area (TPSA) is 0 Å². The molecule has 0 unspecified atom stereocenters. The summed E-state index contributed by atoms with van der Waals surface area (Å²) in [6.45, 7) is 8.17. The molecular weight excluding hydrogens is 196 g/mol. The highest BCUT2D eigenvalue weighted by atomic mass is 35.6. The van der Waals surface area contributed by atoms with Crippen LogP contribution in [0.15, 0.2) is 12.7 Å². The molecule has 0 aliphatic rings. The van der Waals surface area contributed by atoms with Crippen molar-refractivity contribution in [1.29, 1.82) is 0 Å². The van der Waals surface area contributed by atoms with Crippen LogP contribution >= 0.6 is 11.1 Å². The Morgan fingerprint density at radius 1 is 1.08 bits per heavy atom. The van der Waals surface area contributed by atoms with Crippen LogP contribution in [-0.4, -0.2) is 7.38 Å². The molecule has 0 fully saturated rings. The zero-order chi connectivity index (χ0) is 10.2. The zero-order valence-electron chi connectivity index (χ0n) is 9.11. The molecule has 0 aromatic rings. The maximum Gasteiger partial charge on any atom is 0.150 e. The van der Waals surface area contributed by atoms with E-state index in [0.29, 0.717) is 0 Å². The summed E-state index contributed by atoms with van der Waals surface area (Å²) in [4.78, 5) is 0. The average Bonchev–Trinajstić information content (AvgIpc) is 2.01. The molecule has 0 aliphatic heterocycles. The summed E-state index contributed by atoms with van der Waals surface area (Å²) in [5.74, 6) is 0. The van der Waals surface area contributed by atoms with Gasteiger partial charge in [0.2, 0.25) is 0 Å². The fraction of sp³-hybridized carbons (Fsp3) is 0.818. The third-order valence-electron chi connectivity index (χ3n) is 2.18. The van der Waals surface area contributed by atoms with Crippen molar-refractivity contribution in [2.24, 2.45) is 0 Å². The van der Waals surface area contributed by atoms with Crippen molar-refractivity contribution >= 4 is 18.5 Å². The van der Waals surface area contributed by atoms with Gasteiger partial charge >= 0.3 is 0 Å². The Bertz CT molecular complexity index is 127. The lowest BCUT2D eigenvalue weighted by Crippen LogP contribution is -2.14. The van der Waals surface area contributed by atoms with Gasteiger partial charge in [0.25, 0.3) is 0 Å². The van der Waals surface area contributed by atoms with Crippen LogP contribution in [0.5, 0.6) is 0 Å². The highest BCUT2D eigenvalue weighted by molar-refractivity contribution is 7.19. The quantitative estimate of drug-likeness (QED) is 0.234. The Morgan fingerprint density at radius 3 is 2.15 bits per heavy atom. The van der Waals surface area contributed by atoms with Crippen molar-refractivity contribution in [3.8, 4) is 0 Å². The second kappa shape index (κ2) is 7.63. The summed E-state index contributed by atoms with van der Waals surface area (Å²) in [7, 11) is -1.28. The van der Waals surface area contributed by atoms with Crippen LogP contribution in [0.1, 0.15) is 38.5 Å². The molecule has 0 N–H and O–H groups in total. The van der Waals surface area contributed by atoms with E-state index in [2.05, 4.69) is 19.7 Å². The minimum atomic E-state index is -1.28. The van der Waals surface area contributed by atoms with Gasteiger partial charge in [-0.1, -0.05) is 44.9 Å². The molecule has 2 heteroatoms. The van der Waals surface area contributed by atoms with Gasteiger partial charge in [-0.15, -0.1) is 6.58 Å². The summed E-state index contributed by atoms with van der Waals surface area (Å²) < 4.78 is 0. The third kappa shape index (κ3) is 12.2. The predicted molar refractivity (Wildman–Crippen MR) is 66.0 cm³/mol. The lowest BCUT2D eigenvalue weighted by atomic mass is 10.1. The first-order valence-corrected chi connectivity index (χ1v) is 9.58. The third-order valence-corrected chi connectivity index (χ3v) is 4.29. The Kier molecular flexibility index (Phi) is 7.78. The lowest BCUT2D eigenvalue weighted by Gasteiger charge is -2.11. The largest absolute Gasteiger partial charge is 0.168 e. The molecule has 0 bridgehead atoms. The van der Waals surface area contributed by atoms with Crippen molar-refractivity contribution < 1.29 is 0 Å². The van der Waals surface area contributed by atoms with E-state index in [1.807, 2.05) is 6.08 Å². The van der Waals surface area contributed by atoms with Crippen molar-refractivity contribution in [1.82, 2.24) is 0 Å². The Labute approximate surface area is 89.1 Å². The molecule has 0 aliphatic carbocycles. The van der Waals surface area contributed by atoms with Crippen LogP contribution in [-0.2, 0) is 0 Å². The first kappa shape index (κ1) is 13.2. The Balaban J connectivity index is 3.04. The summed E-state index contributed by atoms with van der Waals surface area (Å²) in [5, 5.41) is 0. The molecular formula is C11H23ClSi. The molecule has 78 valence electrons. The maximum absolute atomic E-state index is 6.22. The molecule has 0 amide bonds. The molecule has 0 spiro atoms. The monoisotopic (exact) mass is 218 g/mol. The van der Waals surface area contributed by atoms with E-state index in [4.69, 9.17) is 11.1 Å². The fourth-order valence-corrected chi connectivity index (χ4v) is 2.86. The Morgan fingerprint density at radius 2 is 1.62 bits per heavy atom. The number of rotatable bonds is 8. The molecule has 0 rings (SSSR count). The second-order valence-electron chi connectivity index (χ2n) is 4.31. The molecule has 0 saturated heterocycles. The molecule has 0 heterocycles. The molecule has 0 aromatic carbocycles. The van der Waals surface area contributed by atoms with Crippen LogP contribution in [0.4, 0.5) is 0 Å². The molecule has 0 aromatic heterocycles. The number of halogens is 1. The van der Waals surface area contributed by atoms with Gasteiger partial charge in [0, 0.05) is 0 Å². The van der Waals surface area contributed by atoms with E-state index in [0.717, 1.165) is 0 Å². The van der Waals surface area contributed by atoms with Crippen LogP contribution in [0.25, 0.3) is 0 Å². The minimum Gasteiger partial charge on any atom is -0.168 e. The summed E-state index contributed by atoms with van der Waals surface area (Å²) in [6.07, 6.45) is 9.92. The van der Waals surface area contributed by atoms with Crippen molar-refractivity contribution in [2.45, 2.75) is 57.7 Å². The summed E-state index contributed by atoms with van der Waals surface area (Å²) >= 11 is 6.22. The molecule has 13 heavy (non-hydrogen) atoms. The Hall–Kier alpha value is 0.247. The van der Waals surface area contributed by atoms with Crippen LogP contribution in [0.3, 0.4) is 0 Å². The second-order valence-corrected chi connectivity index (χ2v) is 11.3. The first-order valence-electron chi connectivity index (χ1n) is 5.36. The molecule has 0 saturated carbocycles. The van der Waals surface area contributed by atoms with Gasteiger partial charge < -0.3 is 0 Å². The standard InChI is InChI=1S/C11H23ClSi/c1-4-5-6-7-8-9-10-11-13(2,3)12/h4H,1,5-11H2,2-3H3. The van der Waals surface area contributed by atoms with Crippen molar-refractivity contribution in [2.75, 3.05) is 0 Å². The number of hydrogen-bond donors (Lipinski definition) is 0. The normalized spacial score (nSPS) is 11.6. The van der Waals surface area contributed by atoms with Gasteiger partial charge in [-0.3, -0.25) is 0 Å². The van der Waals surface area contributed by atoms with Gasteiger partial charge in [0.15, 0.2) is 0 Å². The van der Waals surface area contributed by atoms with E-state index in [1.165, 1.54) is 44.6 Å². The van der Waals surface area contributed by atoms with Crippen LogP contribution < -0.4 is 0 Å². The number of unbranched alkanes of at least 4 members (excludes halogenated alkanes) is 5. The minimum absolute atomic E-state index is 1.18. The smallest absolute Gasteiger partial charge is 0.150 e. The molecule has 0 nitrogen and oxygen atoms in total. The first-order chi connectivity index (χ1) is 6.06. The highest BCUT2D eigenvalue weighted by Crippen LogP contribution is 2.19. The van der Waals surface area contributed by atoms with Gasteiger partial charge in [0.1, 0.15) is 7.38 Å². The van der Waals surface area contributed by atoms with Crippen LogP contribution in [0, 0.1) is 0 Å². The van der Waals surface area contributed by atoms with Gasteiger partial charge in [0.05, 0.1) is 0 Å². The average molecular weight is 219 g/mol. The van der Waals surface area contributed by atoms with Gasteiger partial charge in [-0.2, -0.15) is 11.1 Å². The summed E-state index contributed by atoms with van der Waals surface area (Å²) in [5.41, 5.74) is 0.